The van der Waals surface area contributed by atoms with Crippen molar-refractivity contribution in [2.75, 3.05) is 0 Å². The Labute approximate surface area is 114 Å². The van der Waals surface area contributed by atoms with Gasteiger partial charge in [0.2, 0.25) is 0 Å². The van der Waals surface area contributed by atoms with Crippen molar-refractivity contribution < 1.29 is 5.11 Å². The zero-order valence-corrected chi connectivity index (χ0v) is 12.2. The summed E-state index contributed by atoms with van der Waals surface area (Å²) in [6.45, 7) is 10.4. The quantitative estimate of drug-likeness (QED) is 0.902. The van der Waals surface area contributed by atoms with Gasteiger partial charge in [-0.15, -0.1) is 5.10 Å². The van der Waals surface area contributed by atoms with Crippen molar-refractivity contribution in [2.24, 2.45) is 0 Å². The Morgan fingerprint density at radius 1 is 1.16 bits per heavy atom. The summed E-state index contributed by atoms with van der Waals surface area (Å²) in [5.74, 6) is 0. The number of aliphatic hydroxyl groups excluding tert-OH is 1. The molecule has 0 saturated carbocycles. The van der Waals surface area contributed by atoms with Crippen molar-refractivity contribution in [3.63, 3.8) is 0 Å². The van der Waals surface area contributed by atoms with E-state index in [0.29, 0.717) is 5.69 Å². The molecule has 1 N–H and O–H groups in total. The third kappa shape index (κ3) is 2.54. The topological polar surface area (TPSA) is 50.9 Å². The molecule has 0 atom stereocenters. The predicted octanol–water partition coefficient (Wildman–Crippen LogP) is 2.67. The molecule has 2 aromatic rings. The Morgan fingerprint density at radius 2 is 1.84 bits per heavy atom. The predicted molar refractivity (Wildman–Crippen MR) is 75.5 cm³/mol. The van der Waals surface area contributed by atoms with Crippen LogP contribution in [0.15, 0.2) is 18.2 Å². The van der Waals surface area contributed by atoms with Gasteiger partial charge in [-0.25, -0.2) is 4.68 Å². The fourth-order valence-corrected chi connectivity index (χ4v) is 2.21. The summed E-state index contributed by atoms with van der Waals surface area (Å²) in [5.41, 5.74) is 4.94. The maximum absolute atomic E-state index is 9.42. The minimum absolute atomic E-state index is 0.0859. The summed E-state index contributed by atoms with van der Waals surface area (Å²) < 4.78 is 1.83. The first-order chi connectivity index (χ1) is 8.84. The van der Waals surface area contributed by atoms with Crippen LogP contribution in [0.1, 0.15) is 43.3 Å². The Morgan fingerprint density at radius 3 is 2.37 bits per heavy atom. The van der Waals surface area contributed by atoms with Crippen molar-refractivity contribution in [3.05, 3.63) is 40.7 Å². The van der Waals surface area contributed by atoms with Crippen molar-refractivity contribution in [1.29, 1.82) is 0 Å². The molecule has 0 radical (unpaired) electrons. The molecular weight excluding hydrogens is 238 g/mol. The van der Waals surface area contributed by atoms with Crippen molar-refractivity contribution in [3.8, 4) is 5.69 Å². The lowest BCUT2D eigenvalue weighted by atomic mass is 9.90. The second-order valence-electron chi connectivity index (χ2n) is 5.97. The van der Waals surface area contributed by atoms with Gasteiger partial charge < -0.3 is 5.11 Å². The molecule has 19 heavy (non-hydrogen) atoms. The van der Waals surface area contributed by atoms with E-state index in [1.54, 1.807) is 0 Å². The van der Waals surface area contributed by atoms with Crippen LogP contribution in [0.2, 0.25) is 0 Å². The molecule has 0 aliphatic heterocycles. The number of hydrogen-bond acceptors (Lipinski definition) is 3. The van der Waals surface area contributed by atoms with Gasteiger partial charge in [-0.2, -0.15) is 0 Å². The van der Waals surface area contributed by atoms with Crippen LogP contribution in [0.25, 0.3) is 5.69 Å². The molecule has 0 saturated heterocycles. The number of aromatic nitrogens is 3. The standard InChI is InChI=1S/C15H21N3O/c1-10-6-7-12(8-11(10)2)18-14(15(3,4)5)13(9-19)16-17-18/h6-8,19H,9H2,1-5H3. The SMILES string of the molecule is Cc1ccc(-n2nnc(CO)c2C(C)(C)C)cc1C. The van der Waals surface area contributed by atoms with Gasteiger partial charge in [-0.3, -0.25) is 0 Å². The fourth-order valence-electron chi connectivity index (χ4n) is 2.21. The van der Waals surface area contributed by atoms with Crippen LogP contribution in [-0.4, -0.2) is 20.1 Å². The van der Waals surface area contributed by atoms with Gasteiger partial charge in [0.25, 0.3) is 0 Å². The van der Waals surface area contributed by atoms with E-state index in [2.05, 4.69) is 57.1 Å². The van der Waals surface area contributed by atoms with E-state index in [-0.39, 0.29) is 12.0 Å². The highest BCUT2D eigenvalue weighted by molar-refractivity contribution is 5.41. The molecular formula is C15H21N3O. The first kappa shape index (κ1) is 13.7. The summed E-state index contributed by atoms with van der Waals surface area (Å²) in [6.07, 6.45) is 0. The molecule has 0 spiro atoms. The van der Waals surface area contributed by atoms with Gasteiger partial charge >= 0.3 is 0 Å². The van der Waals surface area contributed by atoms with Crippen LogP contribution in [0, 0.1) is 13.8 Å². The molecule has 4 nitrogen and oxygen atoms in total. The first-order valence-electron chi connectivity index (χ1n) is 6.48. The van der Waals surface area contributed by atoms with E-state index in [0.717, 1.165) is 11.4 Å². The van der Waals surface area contributed by atoms with E-state index in [1.807, 2.05) is 10.7 Å². The van der Waals surface area contributed by atoms with E-state index >= 15 is 0 Å². The highest BCUT2D eigenvalue weighted by Gasteiger charge is 2.25. The van der Waals surface area contributed by atoms with Gasteiger partial charge in [0, 0.05) is 5.41 Å². The molecule has 0 fully saturated rings. The largest absolute Gasteiger partial charge is 0.390 e. The Balaban J connectivity index is 2.62. The number of benzene rings is 1. The summed E-state index contributed by atoms with van der Waals surface area (Å²) in [6, 6.07) is 6.21. The molecule has 0 aliphatic rings. The molecule has 0 amide bonds. The monoisotopic (exact) mass is 259 g/mol. The summed E-state index contributed by atoms with van der Waals surface area (Å²) >= 11 is 0. The minimum Gasteiger partial charge on any atom is -0.390 e. The molecule has 4 heteroatoms. The lowest BCUT2D eigenvalue weighted by Gasteiger charge is -2.21. The Bertz CT molecular complexity index is 594. The molecule has 1 aromatic heterocycles. The van der Waals surface area contributed by atoms with Crippen LogP contribution in [0.5, 0.6) is 0 Å². The van der Waals surface area contributed by atoms with E-state index in [9.17, 15) is 5.11 Å². The smallest absolute Gasteiger partial charge is 0.112 e. The fraction of sp³-hybridized carbons (Fsp3) is 0.467. The zero-order chi connectivity index (χ0) is 14.2. The minimum atomic E-state index is -0.125. The van der Waals surface area contributed by atoms with Gasteiger partial charge in [0.15, 0.2) is 0 Å². The van der Waals surface area contributed by atoms with Crippen LogP contribution >= 0.6 is 0 Å². The summed E-state index contributed by atoms with van der Waals surface area (Å²) in [5, 5.41) is 17.7. The number of rotatable bonds is 2. The second-order valence-corrected chi connectivity index (χ2v) is 5.97. The molecule has 0 aliphatic carbocycles. The van der Waals surface area contributed by atoms with Crippen LogP contribution in [0.3, 0.4) is 0 Å². The molecule has 1 aromatic carbocycles. The first-order valence-corrected chi connectivity index (χ1v) is 6.48. The normalized spacial score (nSPS) is 11.9. The zero-order valence-electron chi connectivity index (χ0n) is 12.2. The molecule has 102 valence electrons. The van der Waals surface area contributed by atoms with Gasteiger partial charge in [0.1, 0.15) is 5.69 Å². The second kappa shape index (κ2) is 4.78. The van der Waals surface area contributed by atoms with Gasteiger partial charge in [0.05, 0.1) is 18.0 Å². The van der Waals surface area contributed by atoms with E-state index in [1.165, 1.54) is 11.1 Å². The maximum Gasteiger partial charge on any atom is 0.112 e. The lowest BCUT2D eigenvalue weighted by Crippen LogP contribution is -2.19. The number of hydrogen-bond donors (Lipinski definition) is 1. The molecule has 2 rings (SSSR count). The Hall–Kier alpha value is -1.68. The highest BCUT2D eigenvalue weighted by atomic mass is 16.3. The Kier molecular flexibility index (Phi) is 3.45. The number of aryl methyl sites for hydroxylation is 2. The highest BCUT2D eigenvalue weighted by Crippen LogP contribution is 2.27. The van der Waals surface area contributed by atoms with Gasteiger partial charge in [-0.1, -0.05) is 32.1 Å². The molecule has 0 unspecified atom stereocenters. The number of aliphatic hydroxyl groups is 1. The number of nitrogens with zero attached hydrogens (tertiary/aromatic N) is 3. The summed E-state index contributed by atoms with van der Waals surface area (Å²) in [4.78, 5) is 0. The van der Waals surface area contributed by atoms with Crippen molar-refractivity contribution >= 4 is 0 Å². The van der Waals surface area contributed by atoms with E-state index in [4.69, 9.17) is 0 Å². The van der Waals surface area contributed by atoms with Crippen molar-refractivity contribution in [1.82, 2.24) is 15.0 Å². The van der Waals surface area contributed by atoms with Crippen molar-refractivity contribution in [2.45, 2.75) is 46.6 Å². The van der Waals surface area contributed by atoms with Crippen LogP contribution < -0.4 is 0 Å². The molecule has 0 bridgehead atoms. The average Bonchev–Trinajstić information content (AvgIpc) is 2.76. The third-order valence-electron chi connectivity index (χ3n) is 3.34. The van der Waals surface area contributed by atoms with Gasteiger partial charge in [-0.05, 0) is 37.1 Å². The van der Waals surface area contributed by atoms with Crippen LogP contribution in [0.4, 0.5) is 0 Å². The maximum atomic E-state index is 9.42. The summed E-state index contributed by atoms with van der Waals surface area (Å²) in [7, 11) is 0. The third-order valence-corrected chi connectivity index (χ3v) is 3.34. The van der Waals surface area contributed by atoms with Crippen LogP contribution in [-0.2, 0) is 12.0 Å². The average molecular weight is 259 g/mol. The lowest BCUT2D eigenvalue weighted by molar-refractivity contribution is 0.273. The van der Waals surface area contributed by atoms with E-state index < -0.39 is 0 Å². The molecule has 1 heterocycles.